The van der Waals surface area contributed by atoms with Gasteiger partial charge in [-0.3, -0.25) is 0 Å². The van der Waals surface area contributed by atoms with Gasteiger partial charge in [-0.15, -0.1) is 0 Å². The van der Waals surface area contributed by atoms with Gasteiger partial charge in [-0.1, -0.05) is 0 Å². The van der Waals surface area contributed by atoms with Crippen molar-refractivity contribution >= 4 is 6.09 Å². The van der Waals surface area contributed by atoms with Crippen LogP contribution >= 0.6 is 0 Å². The zero-order valence-corrected chi connectivity index (χ0v) is 12.0. The second kappa shape index (κ2) is 6.95. The topological polar surface area (TPSA) is 50.8 Å². The molecule has 1 heterocycles. The van der Waals surface area contributed by atoms with E-state index in [1.54, 1.807) is 11.9 Å². The van der Waals surface area contributed by atoms with Gasteiger partial charge >= 0.3 is 6.09 Å². The molecule has 0 aromatic carbocycles. The van der Waals surface area contributed by atoms with E-state index in [-0.39, 0.29) is 6.09 Å². The maximum atomic E-state index is 11.7. The normalized spacial score (nSPS) is 19.9. The van der Waals surface area contributed by atoms with E-state index >= 15 is 0 Å². The van der Waals surface area contributed by atoms with Crippen LogP contribution in [0, 0.1) is 0 Å². The molecule has 5 heteroatoms. The van der Waals surface area contributed by atoms with Crippen LogP contribution in [0.3, 0.4) is 0 Å². The highest BCUT2D eigenvalue weighted by atomic mass is 16.6. The van der Waals surface area contributed by atoms with E-state index in [0.29, 0.717) is 12.6 Å². The van der Waals surface area contributed by atoms with Gasteiger partial charge in [0.2, 0.25) is 0 Å². The SMILES string of the molecule is CN(CCCNC1CCOC1)C(=O)OC(C)(C)C. The van der Waals surface area contributed by atoms with Gasteiger partial charge in [-0.05, 0) is 40.2 Å². The van der Waals surface area contributed by atoms with Crippen LogP contribution in [-0.4, -0.2) is 56.0 Å². The third-order valence-electron chi connectivity index (χ3n) is 2.74. The molecule has 0 bridgehead atoms. The van der Waals surface area contributed by atoms with Crippen molar-refractivity contribution in [3.05, 3.63) is 0 Å². The highest BCUT2D eigenvalue weighted by molar-refractivity contribution is 5.67. The van der Waals surface area contributed by atoms with Crippen molar-refractivity contribution in [2.75, 3.05) is 33.4 Å². The van der Waals surface area contributed by atoms with Crippen molar-refractivity contribution in [2.45, 2.75) is 45.3 Å². The van der Waals surface area contributed by atoms with Crippen LogP contribution in [0.1, 0.15) is 33.6 Å². The Morgan fingerprint density at radius 2 is 2.22 bits per heavy atom. The molecule has 5 nitrogen and oxygen atoms in total. The van der Waals surface area contributed by atoms with Crippen molar-refractivity contribution in [3.8, 4) is 0 Å². The van der Waals surface area contributed by atoms with Gasteiger partial charge in [0.1, 0.15) is 5.60 Å². The summed E-state index contributed by atoms with van der Waals surface area (Å²) in [6.45, 7) is 8.90. The Kier molecular flexibility index (Phi) is 5.88. The molecule has 0 saturated carbocycles. The van der Waals surface area contributed by atoms with E-state index in [1.165, 1.54) is 0 Å². The van der Waals surface area contributed by atoms with Gasteiger partial charge in [0, 0.05) is 26.2 Å². The monoisotopic (exact) mass is 258 g/mol. The molecule has 0 aromatic rings. The number of nitrogens with one attached hydrogen (secondary N) is 1. The first-order chi connectivity index (χ1) is 8.38. The lowest BCUT2D eigenvalue weighted by molar-refractivity contribution is 0.0297. The fourth-order valence-corrected chi connectivity index (χ4v) is 1.75. The smallest absolute Gasteiger partial charge is 0.410 e. The van der Waals surface area contributed by atoms with Crippen LogP contribution in [0.4, 0.5) is 4.79 Å². The molecule has 1 N–H and O–H groups in total. The van der Waals surface area contributed by atoms with Gasteiger partial charge in [0.05, 0.1) is 6.61 Å². The summed E-state index contributed by atoms with van der Waals surface area (Å²) in [5.74, 6) is 0. The number of carbonyl (C=O) groups is 1. The highest BCUT2D eigenvalue weighted by Gasteiger charge is 2.19. The third kappa shape index (κ3) is 6.21. The standard InChI is InChI=1S/C13H26N2O3/c1-13(2,3)18-12(16)15(4)8-5-7-14-11-6-9-17-10-11/h11,14H,5-10H2,1-4H3. The first kappa shape index (κ1) is 15.2. The molecule has 18 heavy (non-hydrogen) atoms. The van der Waals surface area contributed by atoms with Crippen molar-refractivity contribution in [1.29, 1.82) is 0 Å². The van der Waals surface area contributed by atoms with E-state index < -0.39 is 5.60 Å². The lowest BCUT2D eigenvalue weighted by Gasteiger charge is -2.24. The Morgan fingerprint density at radius 1 is 1.50 bits per heavy atom. The minimum absolute atomic E-state index is 0.258. The molecular formula is C13H26N2O3. The maximum Gasteiger partial charge on any atom is 0.410 e. The fraction of sp³-hybridized carbons (Fsp3) is 0.923. The predicted octanol–water partition coefficient (Wildman–Crippen LogP) is 1.62. The Morgan fingerprint density at radius 3 is 2.78 bits per heavy atom. The average Bonchev–Trinajstić information content (AvgIpc) is 2.74. The molecule has 1 fully saturated rings. The summed E-state index contributed by atoms with van der Waals surface area (Å²) in [4.78, 5) is 13.3. The van der Waals surface area contributed by atoms with Crippen molar-refractivity contribution < 1.29 is 14.3 Å². The molecule has 1 unspecified atom stereocenters. The number of hydrogen-bond acceptors (Lipinski definition) is 4. The van der Waals surface area contributed by atoms with Crippen LogP contribution in [0.5, 0.6) is 0 Å². The zero-order chi connectivity index (χ0) is 13.6. The number of carbonyl (C=O) groups excluding carboxylic acids is 1. The molecule has 1 aliphatic rings. The summed E-state index contributed by atoms with van der Waals surface area (Å²) in [7, 11) is 1.77. The van der Waals surface area contributed by atoms with Gasteiger partial charge < -0.3 is 19.7 Å². The van der Waals surface area contributed by atoms with Crippen LogP contribution in [0.15, 0.2) is 0 Å². The molecule has 1 saturated heterocycles. The summed E-state index contributed by atoms with van der Waals surface area (Å²) in [5.41, 5.74) is -0.426. The molecule has 0 aliphatic carbocycles. The number of rotatable bonds is 5. The Bertz CT molecular complexity index is 257. The average molecular weight is 258 g/mol. The summed E-state index contributed by atoms with van der Waals surface area (Å²) >= 11 is 0. The second-order valence-corrected chi connectivity index (χ2v) is 5.77. The van der Waals surface area contributed by atoms with Crippen molar-refractivity contribution in [2.24, 2.45) is 0 Å². The quantitative estimate of drug-likeness (QED) is 0.761. The molecule has 1 atom stereocenters. The minimum Gasteiger partial charge on any atom is -0.444 e. The highest BCUT2D eigenvalue weighted by Crippen LogP contribution is 2.09. The molecule has 0 aromatic heterocycles. The van der Waals surface area contributed by atoms with Gasteiger partial charge in [-0.25, -0.2) is 4.79 Å². The third-order valence-corrected chi connectivity index (χ3v) is 2.74. The fourth-order valence-electron chi connectivity index (χ4n) is 1.75. The van der Waals surface area contributed by atoms with E-state index in [4.69, 9.17) is 9.47 Å². The minimum atomic E-state index is -0.426. The molecule has 1 aliphatic heterocycles. The van der Waals surface area contributed by atoms with Gasteiger partial charge in [0.25, 0.3) is 0 Å². The number of nitrogens with zero attached hydrogens (tertiary/aromatic N) is 1. The van der Waals surface area contributed by atoms with Crippen LogP contribution in [0.2, 0.25) is 0 Å². The van der Waals surface area contributed by atoms with Gasteiger partial charge in [0.15, 0.2) is 0 Å². The molecule has 0 spiro atoms. The zero-order valence-electron chi connectivity index (χ0n) is 12.0. The molecule has 0 radical (unpaired) electrons. The van der Waals surface area contributed by atoms with Crippen LogP contribution < -0.4 is 5.32 Å². The largest absolute Gasteiger partial charge is 0.444 e. The first-order valence-electron chi connectivity index (χ1n) is 6.64. The summed E-state index contributed by atoms with van der Waals surface area (Å²) in [5, 5.41) is 3.42. The van der Waals surface area contributed by atoms with Crippen molar-refractivity contribution in [1.82, 2.24) is 10.2 Å². The Balaban J connectivity index is 2.08. The lowest BCUT2D eigenvalue weighted by atomic mass is 10.2. The summed E-state index contributed by atoms with van der Waals surface area (Å²) in [6.07, 6.45) is 1.75. The number of hydrogen-bond donors (Lipinski definition) is 1. The molecule has 1 amide bonds. The Labute approximate surface area is 110 Å². The lowest BCUT2D eigenvalue weighted by Crippen LogP contribution is -2.36. The molecule has 106 valence electrons. The van der Waals surface area contributed by atoms with E-state index in [1.807, 2.05) is 20.8 Å². The van der Waals surface area contributed by atoms with E-state index in [0.717, 1.165) is 32.6 Å². The van der Waals surface area contributed by atoms with E-state index in [9.17, 15) is 4.79 Å². The van der Waals surface area contributed by atoms with Gasteiger partial charge in [-0.2, -0.15) is 0 Å². The maximum absolute atomic E-state index is 11.7. The second-order valence-electron chi connectivity index (χ2n) is 5.77. The first-order valence-corrected chi connectivity index (χ1v) is 6.64. The number of ether oxygens (including phenoxy) is 2. The van der Waals surface area contributed by atoms with Crippen LogP contribution in [0.25, 0.3) is 0 Å². The summed E-state index contributed by atoms with van der Waals surface area (Å²) < 4.78 is 10.6. The van der Waals surface area contributed by atoms with Crippen molar-refractivity contribution in [3.63, 3.8) is 0 Å². The van der Waals surface area contributed by atoms with E-state index in [2.05, 4.69) is 5.32 Å². The molecule has 1 rings (SSSR count). The van der Waals surface area contributed by atoms with Crippen LogP contribution in [-0.2, 0) is 9.47 Å². The predicted molar refractivity (Wildman–Crippen MR) is 70.7 cm³/mol. The summed E-state index contributed by atoms with van der Waals surface area (Å²) in [6, 6.07) is 0.483. The number of amides is 1. The Hall–Kier alpha value is -0.810. The molecular weight excluding hydrogens is 232 g/mol.